The summed E-state index contributed by atoms with van der Waals surface area (Å²) in [5.41, 5.74) is 4.04. The largest absolute Gasteiger partial charge is 0.437 e. The highest BCUT2D eigenvalue weighted by Crippen LogP contribution is 2.38. The first-order valence-corrected chi connectivity index (χ1v) is 11.5. The van der Waals surface area contributed by atoms with Crippen LogP contribution in [0.4, 0.5) is 10.8 Å². The van der Waals surface area contributed by atoms with Crippen molar-refractivity contribution in [1.29, 1.82) is 0 Å². The molecule has 0 aliphatic heterocycles. The molecule has 4 rings (SSSR count). The second kappa shape index (κ2) is 9.51. The van der Waals surface area contributed by atoms with E-state index in [9.17, 15) is 0 Å². The third-order valence-corrected chi connectivity index (χ3v) is 6.05. The van der Waals surface area contributed by atoms with Gasteiger partial charge in [0.05, 0.1) is 10.6 Å². The van der Waals surface area contributed by atoms with E-state index in [0.717, 1.165) is 38.3 Å². The van der Waals surface area contributed by atoms with Crippen molar-refractivity contribution in [3.05, 3.63) is 84.2 Å². The van der Waals surface area contributed by atoms with E-state index in [1.165, 1.54) is 0 Å². The minimum atomic E-state index is -0.0408. The van der Waals surface area contributed by atoms with Crippen molar-refractivity contribution < 1.29 is 4.74 Å². The molecule has 0 radical (unpaired) electrons. The van der Waals surface area contributed by atoms with Gasteiger partial charge in [-0.1, -0.05) is 80.6 Å². The molecule has 0 bridgehead atoms. The van der Waals surface area contributed by atoms with Gasteiger partial charge in [0.1, 0.15) is 11.4 Å². The number of thiazole rings is 1. The van der Waals surface area contributed by atoms with Gasteiger partial charge < -0.3 is 15.4 Å². The van der Waals surface area contributed by atoms with Gasteiger partial charge in [-0.05, 0) is 36.2 Å². The van der Waals surface area contributed by atoms with Crippen molar-refractivity contribution in [2.45, 2.75) is 32.7 Å². The quantitative estimate of drug-likeness (QED) is 0.330. The molecule has 32 heavy (non-hydrogen) atoms. The molecule has 5 nitrogen and oxygen atoms in total. The predicted octanol–water partition coefficient (Wildman–Crippen LogP) is 6.76. The smallest absolute Gasteiger partial charge is 0.243 e. The topological polar surface area (TPSA) is 59.1 Å². The third kappa shape index (κ3) is 4.98. The SMILES string of the molecule is CNCc1nc(Nc2cccnc2Oc2ccccc2C(C)(C)C)sc1-c1ccccc1. The number of benzene rings is 2. The lowest BCUT2D eigenvalue weighted by Crippen LogP contribution is -2.12. The molecule has 4 aromatic rings. The predicted molar refractivity (Wildman–Crippen MR) is 133 cm³/mol. The van der Waals surface area contributed by atoms with Crippen LogP contribution < -0.4 is 15.4 Å². The maximum Gasteiger partial charge on any atom is 0.243 e. The summed E-state index contributed by atoms with van der Waals surface area (Å²) in [5, 5.41) is 7.45. The lowest BCUT2D eigenvalue weighted by molar-refractivity contribution is 0.442. The van der Waals surface area contributed by atoms with E-state index >= 15 is 0 Å². The monoisotopic (exact) mass is 444 g/mol. The Hall–Kier alpha value is -3.22. The van der Waals surface area contributed by atoms with E-state index in [0.29, 0.717) is 12.4 Å². The molecule has 0 aliphatic rings. The number of hydrogen-bond acceptors (Lipinski definition) is 6. The van der Waals surface area contributed by atoms with Crippen LogP contribution in [0.3, 0.4) is 0 Å². The standard InChI is InChI=1S/C26H28N4OS/c1-26(2,3)19-13-8-9-15-22(19)31-24-20(14-10-16-28-24)29-25-30-21(17-27-4)23(32-25)18-11-6-5-7-12-18/h5-16,27H,17H2,1-4H3,(H,29,30). The maximum atomic E-state index is 6.30. The normalized spacial score (nSPS) is 11.4. The highest BCUT2D eigenvalue weighted by Gasteiger charge is 2.20. The first-order chi connectivity index (χ1) is 15.5. The number of nitrogens with one attached hydrogen (secondary N) is 2. The summed E-state index contributed by atoms with van der Waals surface area (Å²) in [6.07, 6.45) is 1.74. The molecule has 0 fully saturated rings. The number of ether oxygens (including phenoxy) is 1. The van der Waals surface area contributed by atoms with Crippen molar-refractivity contribution in [3.63, 3.8) is 0 Å². The number of anilines is 2. The fraction of sp³-hybridized carbons (Fsp3) is 0.231. The Morgan fingerprint density at radius 2 is 1.69 bits per heavy atom. The number of rotatable bonds is 7. The van der Waals surface area contributed by atoms with Gasteiger partial charge in [0.25, 0.3) is 0 Å². The first-order valence-electron chi connectivity index (χ1n) is 10.6. The van der Waals surface area contributed by atoms with Gasteiger partial charge in [-0.3, -0.25) is 0 Å². The van der Waals surface area contributed by atoms with Gasteiger partial charge in [0, 0.05) is 18.3 Å². The lowest BCUT2D eigenvalue weighted by atomic mass is 9.86. The van der Waals surface area contributed by atoms with Crippen LogP contribution in [-0.2, 0) is 12.0 Å². The van der Waals surface area contributed by atoms with E-state index in [1.807, 2.05) is 55.6 Å². The van der Waals surface area contributed by atoms with Gasteiger partial charge in [-0.25, -0.2) is 9.97 Å². The summed E-state index contributed by atoms with van der Waals surface area (Å²) < 4.78 is 6.30. The summed E-state index contributed by atoms with van der Waals surface area (Å²) in [4.78, 5) is 10.5. The molecule has 2 aromatic carbocycles. The second-order valence-corrected chi connectivity index (χ2v) is 9.52. The summed E-state index contributed by atoms with van der Waals surface area (Å²) in [7, 11) is 1.93. The van der Waals surface area contributed by atoms with E-state index in [-0.39, 0.29) is 5.41 Å². The molecule has 0 unspecified atom stereocenters. The Bertz CT molecular complexity index is 1180. The molecule has 6 heteroatoms. The fourth-order valence-corrected chi connectivity index (χ4v) is 4.47. The van der Waals surface area contributed by atoms with Gasteiger partial charge in [-0.15, -0.1) is 0 Å². The highest BCUT2D eigenvalue weighted by atomic mass is 32.1. The maximum absolute atomic E-state index is 6.30. The van der Waals surface area contributed by atoms with Crippen LogP contribution >= 0.6 is 11.3 Å². The molecule has 2 aromatic heterocycles. The first kappa shape index (κ1) is 22.0. The van der Waals surface area contributed by atoms with Gasteiger partial charge in [0.2, 0.25) is 5.88 Å². The molecule has 164 valence electrons. The minimum absolute atomic E-state index is 0.0408. The summed E-state index contributed by atoms with van der Waals surface area (Å²) in [5.74, 6) is 1.33. The number of pyridine rings is 1. The minimum Gasteiger partial charge on any atom is -0.437 e. The number of aromatic nitrogens is 2. The Labute approximate surface area is 193 Å². The van der Waals surface area contributed by atoms with E-state index in [2.05, 4.69) is 54.6 Å². The molecule has 2 N–H and O–H groups in total. The van der Waals surface area contributed by atoms with Crippen LogP contribution in [0.15, 0.2) is 72.9 Å². The number of nitrogens with zero attached hydrogens (tertiary/aromatic N) is 2. The zero-order chi connectivity index (χ0) is 22.6. The zero-order valence-electron chi connectivity index (χ0n) is 18.8. The van der Waals surface area contributed by atoms with Crippen molar-refractivity contribution >= 4 is 22.2 Å². The average Bonchev–Trinajstić information content (AvgIpc) is 3.18. The lowest BCUT2D eigenvalue weighted by Gasteiger charge is -2.22. The van der Waals surface area contributed by atoms with Crippen LogP contribution in [0.25, 0.3) is 10.4 Å². The number of para-hydroxylation sites is 1. The van der Waals surface area contributed by atoms with Gasteiger partial charge in [0.15, 0.2) is 5.13 Å². The molecule has 0 aliphatic carbocycles. The second-order valence-electron chi connectivity index (χ2n) is 8.52. The molecule has 0 saturated carbocycles. The van der Waals surface area contributed by atoms with Crippen molar-refractivity contribution in [2.75, 3.05) is 12.4 Å². The molecule has 0 amide bonds. The summed E-state index contributed by atoms with van der Waals surface area (Å²) >= 11 is 1.62. The average molecular weight is 445 g/mol. The van der Waals surface area contributed by atoms with Crippen LogP contribution in [0.5, 0.6) is 11.6 Å². The summed E-state index contributed by atoms with van der Waals surface area (Å²) in [6.45, 7) is 7.22. The Kier molecular flexibility index (Phi) is 6.53. The van der Waals surface area contributed by atoms with Crippen molar-refractivity contribution in [2.24, 2.45) is 0 Å². The molecule has 2 heterocycles. The van der Waals surface area contributed by atoms with E-state index in [4.69, 9.17) is 9.72 Å². The Balaban J connectivity index is 1.65. The van der Waals surface area contributed by atoms with Crippen LogP contribution in [-0.4, -0.2) is 17.0 Å². The Morgan fingerprint density at radius 3 is 2.44 bits per heavy atom. The molecule has 0 atom stereocenters. The van der Waals surface area contributed by atoms with E-state index in [1.54, 1.807) is 17.5 Å². The van der Waals surface area contributed by atoms with E-state index < -0.39 is 0 Å². The molecular weight excluding hydrogens is 416 g/mol. The fourth-order valence-electron chi connectivity index (χ4n) is 3.47. The third-order valence-electron chi connectivity index (χ3n) is 4.99. The van der Waals surface area contributed by atoms with Crippen LogP contribution in [0, 0.1) is 0 Å². The molecular formula is C26H28N4OS. The number of hydrogen-bond donors (Lipinski definition) is 2. The van der Waals surface area contributed by atoms with Gasteiger partial charge in [-0.2, -0.15) is 0 Å². The van der Waals surface area contributed by atoms with Crippen LogP contribution in [0.1, 0.15) is 32.0 Å². The van der Waals surface area contributed by atoms with Crippen molar-refractivity contribution in [3.8, 4) is 22.1 Å². The molecule has 0 spiro atoms. The van der Waals surface area contributed by atoms with Crippen molar-refractivity contribution in [1.82, 2.24) is 15.3 Å². The Morgan fingerprint density at radius 1 is 0.938 bits per heavy atom. The van der Waals surface area contributed by atoms with Gasteiger partial charge >= 0.3 is 0 Å². The van der Waals surface area contributed by atoms with Crippen LogP contribution in [0.2, 0.25) is 0 Å². The molecule has 0 saturated heterocycles. The zero-order valence-corrected chi connectivity index (χ0v) is 19.7. The highest BCUT2D eigenvalue weighted by molar-refractivity contribution is 7.19. The summed E-state index contributed by atoms with van der Waals surface area (Å²) in [6, 6.07) is 22.3.